The summed E-state index contributed by atoms with van der Waals surface area (Å²) in [5.41, 5.74) is 1.21. The third-order valence-electron chi connectivity index (χ3n) is 2.77. The van der Waals surface area contributed by atoms with E-state index >= 15 is 0 Å². The van der Waals surface area contributed by atoms with Crippen LogP contribution in [0.3, 0.4) is 0 Å². The van der Waals surface area contributed by atoms with E-state index < -0.39 is 0 Å². The summed E-state index contributed by atoms with van der Waals surface area (Å²) in [5.74, 6) is 0.0276. The smallest absolute Gasteiger partial charge is 0.270 e. The lowest BCUT2D eigenvalue weighted by Gasteiger charge is -2.11. The first-order valence-corrected chi connectivity index (χ1v) is 6.82. The van der Waals surface area contributed by atoms with E-state index in [4.69, 9.17) is 0 Å². The summed E-state index contributed by atoms with van der Waals surface area (Å²) in [6, 6.07) is 8.93. The van der Waals surface area contributed by atoms with Gasteiger partial charge >= 0.3 is 0 Å². The molecule has 1 aromatic carbocycles. The molecule has 19 heavy (non-hydrogen) atoms. The van der Waals surface area contributed by atoms with Crippen LogP contribution in [0.2, 0.25) is 0 Å². The molecule has 0 amide bonds. The molecular formula is C14H15BrN2O2. The number of hydrogen-bond donors (Lipinski definition) is 1. The van der Waals surface area contributed by atoms with Gasteiger partial charge in [-0.05, 0) is 17.7 Å². The largest absolute Gasteiger partial charge is 0.506 e. The molecule has 0 unspecified atom stereocenters. The minimum Gasteiger partial charge on any atom is -0.506 e. The molecule has 1 N–H and O–H groups in total. The molecule has 0 radical (unpaired) electrons. The Labute approximate surface area is 119 Å². The Kier molecular flexibility index (Phi) is 4.04. The predicted molar refractivity (Wildman–Crippen MR) is 77.5 cm³/mol. The van der Waals surface area contributed by atoms with Gasteiger partial charge in [-0.2, -0.15) is 5.10 Å². The Morgan fingerprint density at radius 2 is 2.11 bits per heavy atom. The van der Waals surface area contributed by atoms with Crippen molar-refractivity contribution in [2.45, 2.75) is 26.3 Å². The fourth-order valence-electron chi connectivity index (χ4n) is 1.83. The average molecular weight is 323 g/mol. The number of aromatic nitrogens is 2. The summed E-state index contributed by atoms with van der Waals surface area (Å²) in [4.78, 5) is 11.8. The molecule has 0 fully saturated rings. The Morgan fingerprint density at radius 3 is 2.74 bits per heavy atom. The van der Waals surface area contributed by atoms with Crippen molar-refractivity contribution in [3.8, 4) is 5.75 Å². The van der Waals surface area contributed by atoms with E-state index in [1.54, 1.807) is 0 Å². The molecule has 0 aliphatic heterocycles. The van der Waals surface area contributed by atoms with Gasteiger partial charge in [0.1, 0.15) is 11.4 Å². The molecule has 0 saturated carbocycles. The third-order valence-corrected chi connectivity index (χ3v) is 3.27. The summed E-state index contributed by atoms with van der Waals surface area (Å²) < 4.78 is 2.33. The van der Waals surface area contributed by atoms with Crippen molar-refractivity contribution >= 4 is 15.9 Å². The van der Waals surface area contributed by atoms with Crippen molar-refractivity contribution in [2.75, 3.05) is 0 Å². The second-order valence-electron chi connectivity index (χ2n) is 4.70. The second kappa shape index (κ2) is 5.57. The molecule has 5 heteroatoms. The standard InChI is InChI=1S/C14H15BrN2O2/c1-9(2)14-12(18)7-13(19)17(16-14)8-10-4-3-5-11(15)6-10/h3-7,9,18H,8H2,1-2H3. The van der Waals surface area contributed by atoms with Crippen LogP contribution in [0.5, 0.6) is 5.75 Å². The number of rotatable bonds is 3. The average Bonchev–Trinajstić information content (AvgIpc) is 2.32. The minimum absolute atomic E-state index is 0.0366. The van der Waals surface area contributed by atoms with E-state index in [9.17, 15) is 9.90 Å². The lowest BCUT2D eigenvalue weighted by molar-refractivity contribution is 0.445. The van der Waals surface area contributed by atoms with Crippen LogP contribution >= 0.6 is 15.9 Å². The Morgan fingerprint density at radius 1 is 1.37 bits per heavy atom. The normalized spacial score (nSPS) is 10.9. The molecule has 1 heterocycles. The molecular weight excluding hydrogens is 308 g/mol. The number of halogens is 1. The van der Waals surface area contributed by atoms with Crippen LogP contribution in [-0.4, -0.2) is 14.9 Å². The van der Waals surface area contributed by atoms with Crippen LogP contribution in [0.4, 0.5) is 0 Å². The van der Waals surface area contributed by atoms with Gasteiger partial charge in [-0.25, -0.2) is 4.68 Å². The van der Waals surface area contributed by atoms with E-state index in [0.29, 0.717) is 12.2 Å². The van der Waals surface area contributed by atoms with Gasteiger partial charge in [-0.1, -0.05) is 41.9 Å². The quantitative estimate of drug-likeness (QED) is 0.945. The monoisotopic (exact) mass is 322 g/mol. The highest BCUT2D eigenvalue weighted by atomic mass is 79.9. The number of nitrogens with zero attached hydrogens (tertiary/aromatic N) is 2. The van der Waals surface area contributed by atoms with Gasteiger partial charge in [0.05, 0.1) is 6.54 Å². The molecule has 0 aliphatic carbocycles. The Hall–Kier alpha value is -1.62. The highest BCUT2D eigenvalue weighted by molar-refractivity contribution is 9.10. The van der Waals surface area contributed by atoms with Crippen LogP contribution in [0.15, 0.2) is 39.6 Å². The lowest BCUT2D eigenvalue weighted by Crippen LogP contribution is -2.24. The van der Waals surface area contributed by atoms with Crippen LogP contribution in [0.1, 0.15) is 31.0 Å². The number of hydrogen-bond acceptors (Lipinski definition) is 3. The molecule has 100 valence electrons. The van der Waals surface area contributed by atoms with Crippen molar-refractivity contribution in [2.24, 2.45) is 0 Å². The summed E-state index contributed by atoms with van der Waals surface area (Å²) in [5, 5.41) is 13.9. The summed E-state index contributed by atoms with van der Waals surface area (Å²) >= 11 is 3.40. The Bertz CT molecular complexity index is 650. The summed E-state index contributed by atoms with van der Waals surface area (Å²) in [6.07, 6.45) is 0. The maximum Gasteiger partial charge on any atom is 0.270 e. The van der Waals surface area contributed by atoms with Crippen molar-refractivity contribution < 1.29 is 5.11 Å². The molecule has 0 saturated heterocycles. The van der Waals surface area contributed by atoms with E-state index in [2.05, 4.69) is 21.0 Å². The zero-order chi connectivity index (χ0) is 14.0. The van der Waals surface area contributed by atoms with Crippen LogP contribution in [0.25, 0.3) is 0 Å². The molecule has 4 nitrogen and oxygen atoms in total. The number of aromatic hydroxyl groups is 1. The van der Waals surface area contributed by atoms with Crippen LogP contribution in [0, 0.1) is 0 Å². The molecule has 0 bridgehead atoms. The van der Waals surface area contributed by atoms with Gasteiger partial charge < -0.3 is 5.11 Å². The van der Waals surface area contributed by atoms with Crippen molar-refractivity contribution in [3.05, 3.63) is 56.4 Å². The highest BCUT2D eigenvalue weighted by Crippen LogP contribution is 2.20. The lowest BCUT2D eigenvalue weighted by atomic mass is 10.1. The van der Waals surface area contributed by atoms with E-state index in [0.717, 1.165) is 10.0 Å². The first kappa shape index (κ1) is 13.8. The number of benzene rings is 1. The van der Waals surface area contributed by atoms with Gasteiger partial charge in [-0.3, -0.25) is 4.79 Å². The molecule has 2 rings (SSSR count). The molecule has 2 aromatic rings. The van der Waals surface area contributed by atoms with Crippen LogP contribution in [-0.2, 0) is 6.54 Å². The summed E-state index contributed by atoms with van der Waals surface area (Å²) in [7, 11) is 0. The van der Waals surface area contributed by atoms with Gasteiger partial charge in [0.15, 0.2) is 0 Å². The van der Waals surface area contributed by atoms with Crippen molar-refractivity contribution in [1.82, 2.24) is 9.78 Å². The third kappa shape index (κ3) is 3.23. The highest BCUT2D eigenvalue weighted by Gasteiger charge is 2.11. The van der Waals surface area contributed by atoms with Crippen molar-refractivity contribution in [3.63, 3.8) is 0 Å². The zero-order valence-electron chi connectivity index (χ0n) is 10.8. The fraction of sp³-hybridized carbons (Fsp3) is 0.286. The van der Waals surface area contributed by atoms with Crippen molar-refractivity contribution in [1.29, 1.82) is 0 Å². The van der Waals surface area contributed by atoms with Crippen LogP contribution < -0.4 is 5.56 Å². The first-order chi connectivity index (χ1) is 8.97. The first-order valence-electron chi connectivity index (χ1n) is 6.03. The minimum atomic E-state index is -0.304. The van der Waals surface area contributed by atoms with E-state index in [-0.39, 0.29) is 17.2 Å². The molecule has 0 aliphatic rings. The fourth-order valence-corrected chi connectivity index (χ4v) is 2.28. The van der Waals surface area contributed by atoms with Gasteiger partial charge in [0, 0.05) is 16.5 Å². The van der Waals surface area contributed by atoms with Gasteiger partial charge in [0.2, 0.25) is 0 Å². The van der Waals surface area contributed by atoms with Gasteiger partial charge in [-0.15, -0.1) is 0 Å². The van der Waals surface area contributed by atoms with E-state index in [1.807, 2.05) is 38.1 Å². The topological polar surface area (TPSA) is 55.1 Å². The predicted octanol–water partition coefficient (Wildman–Crippen LogP) is 2.88. The maximum atomic E-state index is 11.8. The molecule has 0 spiro atoms. The SMILES string of the molecule is CC(C)c1nn(Cc2cccc(Br)c2)c(=O)cc1O. The Balaban J connectivity index is 2.40. The van der Waals surface area contributed by atoms with E-state index in [1.165, 1.54) is 10.7 Å². The molecule has 0 atom stereocenters. The summed E-state index contributed by atoms with van der Waals surface area (Å²) in [6.45, 7) is 4.24. The second-order valence-corrected chi connectivity index (χ2v) is 5.61. The van der Waals surface area contributed by atoms with Gasteiger partial charge in [0.25, 0.3) is 5.56 Å². The molecule has 1 aromatic heterocycles. The maximum absolute atomic E-state index is 11.8. The zero-order valence-corrected chi connectivity index (χ0v) is 12.4.